The third-order valence-electron chi connectivity index (χ3n) is 3.63. The highest BCUT2D eigenvalue weighted by Crippen LogP contribution is 2.35. The molecule has 2 heterocycles. The molecule has 1 fully saturated rings. The first-order chi connectivity index (χ1) is 10.3. The quantitative estimate of drug-likeness (QED) is 0.811. The lowest BCUT2D eigenvalue weighted by Crippen LogP contribution is -2.15. The Kier molecular flexibility index (Phi) is 3.98. The molecule has 0 saturated heterocycles. The van der Waals surface area contributed by atoms with Crippen molar-refractivity contribution in [2.45, 2.75) is 39.2 Å². The molecule has 2 unspecified atom stereocenters. The second-order valence-electron chi connectivity index (χ2n) is 5.31. The molecule has 2 aromatic rings. The lowest BCUT2D eigenvalue weighted by molar-refractivity contribution is 0.763. The van der Waals surface area contributed by atoms with E-state index in [9.17, 15) is 0 Å². The molecule has 0 aliphatic heterocycles. The van der Waals surface area contributed by atoms with Crippen molar-refractivity contribution in [3.8, 4) is 5.95 Å². The van der Waals surface area contributed by atoms with Crippen molar-refractivity contribution in [1.29, 1.82) is 0 Å². The first-order valence-corrected chi connectivity index (χ1v) is 7.56. The summed E-state index contributed by atoms with van der Waals surface area (Å²) in [5, 5.41) is 10.8. The van der Waals surface area contributed by atoms with Crippen molar-refractivity contribution in [3.05, 3.63) is 18.5 Å². The normalized spacial score (nSPS) is 20.3. The summed E-state index contributed by atoms with van der Waals surface area (Å²) >= 11 is 0. The summed E-state index contributed by atoms with van der Waals surface area (Å²) in [6.07, 6.45) is 6.94. The van der Waals surface area contributed by atoms with Crippen LogP contribution in [0.5, 0.6) is 0 Å². The standard InChI is InChI=1S/C14H21N7/c1-3-6-15-12-18-13(17-11-9-10(11)4-2)20-14(19-12)21-8-5-7-16-21/h5,7-8,10-11H,3-4,6,9H2,1-2H3,(H2,15,17,18,19,20). The highest BCUT2D eigenvalue weighted by Gasteiger charge is 2.35. The van der Waals surface area contributed by atoms with E-state index in [2.05, 4.69) is 44.5 Å². The molecular formula is C14H21N7. The zero-order valence-electron chi connectivity index (χ0n) is 12.5. The Morgan fingerprint density at radius 1 is 1.24 bits per heavy atom. The van der Waals surface area contributed by atoms with Crippen molar-refractivity contribution < 1.29 is 0 Å². The molecule has 1 saturated carbocycles. The minimum atomic E-state index is 0.488. The van der Waals surface area contributed by atoms with Gasteiger partial charge in [0, 0.05) is 25.0 Å². The smallest absolute Gasteiger partial charge is 0.257 e. The van der Waals surface area contributed by atoms with Gasteiger partial charge in [0.05, 0.1) is 0 Å². The summed E-state index contributed by atoms with van der Waals surface area (Å²) < 4.78 is 1.65. The summed E-state index contributed by atoms with van der Waals surface area (Å²) in [4.78, 5) is 13.3. The predicted molar refractivity (Wildman–Crippen MR) is 81.5 cm³/mol. The highest BCUT2D eigenvalue weighted by molar-refractivity contribution is 5.39. The van der Waals surface area contributed by atoms with Crippen LogP contribution >= 0.6 is 0 Å². The van der Waals surface area contributed by atoms with Crippen LogP contribution in [0.1, 0.15) is 33.1 Å². The van der Waals surface area contributed by atoms with E-state index in [1.165, 1.54) is 12.8 Å². The predicted octanol–water partition coefficient (Wildman–Crippen LogP) is 2.09. The first kappa shape index (κ1) is 13.8. The van der Waals surface area contributed by atoms with Crippen LogP contribution in [0, 0.1) is 5.92 Å². The molecule has 1 aliphatic carbocycles. The second kappa shape index (κ2) is 6.07. The molecule has 0 spiro atoms. The monoisotopic (exact) mass is 287 g/mol. The molecule has 0 radical (unpaired) electrons. The van der Waals surface area contributed by atoms with Gasteiger partial charge in [0.2, 0.25) is 11.9 Å². The van der Waals surface area contributed by atoms with Crippen LogP contribution in [0.15, 0.2) is 18.5 Å². The fourth-order valence-corrected chi connectivity index (χ4v) is 2.28. The molecule has 2 N–H and O–H groups in total. The van der Waals surface area contributed by atoms with E-state index < -0.39 is 0 Å². The Labute approximate surface area is 124 Å². The molecule has 0 bridgehead atoms. The van der Waals surface area contributed by atoms with Crippen molar-refractivity contribution >= 4 is 11.9 Å². The molecule has 0 aromatic carbocycles. The van der Waals surface area contributed by atoms with Crippen molar-refractivity contribution in [3.63, 3.8) is 0 Å². The largest absolute Gasteiger partial charge is 0.354 e. The summed E-state index contributed by atoms with van der Waals surface area (Å²) in [5.74, 6) is 2.48. The Balaban J connectivity index is 1.82. The van der Waals surface area contributed by atoms with Gasteiger partial charge in [0.15, 0.2) is 0 Å². The van der Waals surface area contributed by atoms with Gasteiger partial charge < -0.3 is 10.6 Å². The van der Waals surface area contributed by atoms with Crippen molar-refractivity contribution in [2.75, 3.05) is 17.2 Å². The van der Waals surface area contributed by atoms with Crippen molar-refractivity contribution in [1.82, 2.24) is 24.7 Å². The zero-order chi connectivity index (χ0) is 14.7. The number of nitrogens with zero attached hydrogens (tertiary/aromatic N) is 5. The van der Waals surface area contributed by atoms with E-state index >= 15 is 0 Å². The second-order valence-corrected chi connectivity index (χ2v) is 5.31. The molecular weight excluding hydrogens is 266 g/mol. The van der Waals surface area contributed by atoms with E-state index in [1.807, 2.05) is 12.3 Å². The minimum absolute atomic E-state index is 0.488. The zero-order valence-corrected chi connectivity index (χ0v) is 12.5. The van der Waals surface area contributed by atoms with E-state index in [1.54, 1.807) is 10.9 Å². The molecule has 2 atom stereocenters. The topological polar surface area (TPSA) is 80.5 Å². The van der Waals surface area contributed by atoms with Gasteiger partial charge in [-0.2, -0.15) is 20.1 Å². The van der Waals surface area contributed by atoms with Crippen LogP contribution in [0.4, 0.5) is 11.9 Å². The molecule has 112 valence electrons. The maximum Gasteiger partial charge on any atom is 0.257 e. The van der Waals surface area contributed by atoms with E-state index in [0.29, 0.717) is 23.9 Å². The first-order valence-electron chi connectivity index (χ1n) is 7.56. The van der Waals surface area contributed by atoms with Gasteiger partial charge in [-0.3, -0.25) is 0 Å². The molecule has 0 amide bonds. The third kappa shape index (κ3) is 3.29. The Morgan fingerprint density at radius 3 is 2.76 bits per heavy atom. The van der Waals surface area contributed by atoms with Crippen LogP contribution in [-0.2, 0) is 0 Å². The van der Waals surface area contributed by atoms with Crippen molar-refractivity contribution in [2.24, 2.45) is 5.92 Å². The van der Waals surface area contributed by atoms with Crippen LogP contribution in [0.25, 0.3) is 5.95 Å². The Hall–Kier alpha value is -2.18. The molecule has 2 aromatic heterocycles. The Bertz CT molecular complexity index is 581. The average Bonchev–Trinajstić information content (AvgIpc) is 3.02. The van der Waals surface area contributed by atoms with E-state index in [4.69, 9.17) is 0 Å². The summed E-state index contributed by atoms with van der Waals surface area (Å²) in [6.45, 7) is 5.16. The number of hydrogen-bond donors (Lipinski definition) is 2. The summed E-state index contributed by atoms with van der Waals surface area (Å²) in [6, 6.07) is 2.34. The van der Waals surface area contributed by atoms with E-state index in [-0.39, 0.29) is 0 Å². The number of aromatic nitrogens is 5. The molecule has 7 heteroatoms. The lowest BCUT2D eigenvalue weighted by Gasteiger charge is -2.09. The van der Waals surface area contributed by atoms with Gasteiger partial charge >= 0.3 is 0 Å². The summed E-state index contributed by atoms with van der Waals surface area (Å²) in [7, 11) is 0. The fourth-order valence-electron chi connectivity index (χ4n) is 2.28. The van der Waals surface area contributed by atoms with E-state index in [0.717, 1.165) is 18.9 Å². The molecule has 7 nitrogen and oxygen atoms in total. The SMILES string of the molecule is CCCNc1nc(NC2CC2CC)nc(-n2cccn2)n1. The van der Waals surface area contributed by atoms with Gasteiger partial charge in [0.1, 0.15) is 0 Å². The number of anilines is 2. The molecule has 21 heavy (non-hydrogen) atoms. The Morgan fingerprint density at radius 2 is 2.10 bits per heavy atom. The van der Waals surface area contributed by atoms with Gasteiger partial charge in [-0.25, -0.2) is 4.68 Å². The van der Waals surface area contributed by atoms with Crippen LogP contribution < -0.4 is 10.6 Å². The molecule has 1 aliphatic rings. The van der Waals surface area contributed by atoms with Gasteiger partial charge in [-0.1, -0.05) is 20.3 Å². The minimum Gasteiger partial charge on any atom is -0.354 e. The number of hydrogen-bond acceptors (Lipinski definition) is 6. The maximum absolute atomic E-state index is 4.46. The van der Waals surface area contributed by atoms with Crippen LogP contribution in [-0.4, -0.2) is 37.3 Å². The number of rotatable bonds is 7. The lowest BCUT2D eigenvalue weighted by atomic mass is 10.3. The van der Waals surface area contributed by atoms with Crippen LogP contribution in [0.3, 0.4) is 0 Å². The third-order valence-corrected chi connectivity index (χ3v) is 3.63. The van der Waals surface area contributed by atoms with Gasteiger partial charge in [-0.15, -0.1) is 0 Å². The fraction of sp³-hybridized carbons (Fsp3) is 0.571. The van der Waals surface area contributed by atoms with Gasteiger partial charge in [0.25, 0.3) is 5.95 Å². The van der Waals surface area contributed by atoms with Crippen LogP contribution in [0.2, 0.25) is 0 Å². The van der Waals surface area contributed by atoms with Gasteiger partial charge in [-0.05, 0) is 24.8 Å². The summed E-state index contributed by atoms with van der Waals surface area (Å²) in [5.41, 5.74) is 0. The average molecular weight is 287 g/mol. The maximum atomic E-state index is 4.46. The number of nitrogens with one attached hydrogen (secondary N) is 2. The highest BCUT2D eigenvalue weighted by atomic mass is 15.4. The molecule has 3 rings (SSSR count).